The number of carbonyl (C=O) groups excluding carboxylic acids is 1. The van der Waals surface area contributed by atoms with Crippen molar-refractivity contribution < 1.29 is 14.6 Å². The largest absolute Gasteiger partial charge is 0.394 e. The van der Waals surface area contributed by atoms with Crippen LogP contribution in [-0.4, -0.2) is 42.9 Å². The van der Waals surface area contributed by atoms with E-state index in [1.54, 1.807) is 13.8 Å². The fourth-order valence-electron chi connectivity index (χ4n) is 1.08. The van der Waals surface area contributed by atoms with Gasteiger partial charge in [0.15, 0.2) is 0 Å². The number of hydrogen-bond acceptors (Lipinski definition) is 5. The van der Waals surface area contributed by atoms with Crippen LogP contribution in [0.25, 0.3) is 0 Å². The van der Waals surface area contributed by atoms with Crippen LogP contribution in [0.3, 0.4) is 0 Å². The van der Waals surface area contributed by atoms with Crippen LogP contribution in [0.1, 0.15) is 27.2 Å². The minimum atomic E-state index is -0.572. The molecular formula is C13H23N3O3. The first-order valence-electron chi connectivity index (χ1n) is 6.31. The molecule has 0 saturated carbocycles. The van der Waals surface area contributed by atoms with Crippen molar-refractivity contribution in [2.24, 2.45) is 0 Å². The number of nitrogens with zero attached hydrogens (tertiary/aromatic N) is 1. The lowest BCUT2D eigenvalue weighted by Gasteiger charge is -2.22. The zero-order chi connectivity index (χ0) is 14.7. The van der Waals surface area contributed by atoms with Gasteiger partial charge in [0.1, 0.15) is 11.6 Å². The van der Waals surface area contributed by atoms with E-state index in [-0.39, 0.29) is 12.2 Å². The molecule has 0 spiro atoms. The van der Waals surface area contributed by atoms with Gasteiger partial charge in [-0.05, 0) is 27.2 Å². The summed E-state index contributed by atoms with van der Waals surface area (Å²) in [5, 5.41) is 23.4. The van der Waals surface area contributed by atoms with Crippen LogP contribution >= 0.6 is 0 Å². The molecule has 6 nitrogen and oxygen atoms in total. The maximum atomic E-state index is 11.7. The molecule has 0 aromatic carbocycles. The second-order valence-corrected chi connectivity index (χ2v) is 4.66. The van der Waals surface area contributed by atoms with E-state index in [2.05, 4.69) is 10.6 Å². The van der Waals surface area contributed by atoms with E-state index >= 15 is 0 Å². The minimum absolute atomic E-state index is 0.0158. The summed E-state index contributed by atoms with van der Waals surface area (Å²) in [6, 6.07) is 1.82. The number of hydrogen-bond donors (Lipinski definition) is 3. The normalized spacial score (nSPS) is 11.8. The molecule has 0 aromatic heterocycles. The van der Waals surface area contributed by atoms with E-state index in [0.29, 0.717) is 26.2 Å². The lowest BCUT2D eigenvalue weighted by molar-refractivity contribution is -0.117. The summed E-state index contributed by atoms with van der Waals surface area (Å²) in [5.41, 5.74) is -0.588. The molecule has 0 aliphatic carbocycles. The molecule has 0 atom stereocenters. The Hall–Kier alpha value is -1.58. The molecule has 0 aliphatic rings. The number of amides is 1. The Morgan fingerprint density at radius 3 is 2.74 bits per heavy atom. The number of nitriles is 1. The van der Waals surface area contributed by atoms with E-state index in [9.17, 15) is 4.79 Å². The number of aliphatic hydroxyl groups excluding tert-OH is 1. The molecule has 1 amide bonds. The summed E-state index contributed by atoms with van der Waals surface area (Å²) < 4.78 is 5.14. The summed E-state index contributed by atoms with van der Waals surface area (Å²) in [4.78, 5) is 11.7. The van der Waals surface area contributed by atoms with E-state index < -0.39 is 11.4 Å². The second-order valence-electron chi connectivity index (χ2n) is 4.66. The molecule has 0 aromatic rings. The van der Waals surface area contributed by atoms with Gasteiger partial charge < -0.3 is 20.5 Å². The SMILES string of the molecule is CCOCCCNC(=O)/C(C#N)=C\NC(C)(C)CO. The van der Waals surface area contributed by atoms with Gasteiger partial charge in [-0.3, -0.25) is 4.79 Å². The summed E-state index contributed by atoms with van der Waals surface area (Å²) in [7, 11) is 0. The Morgan fingerprint density at radius 2 is 2.21 bits per heavy atom. The Morgan fingerprint density at radius 1 is 1.53 bits per heavy atom. The van der Waals surface area contributed by atoms with Crippen molar-refractivity contribution in [3.8, 4) is 6.07 Å². The summed E-state index contributed by atoms with van der Waals surface area (Å²) in [5.74, 6) is -0.430. The average molecular weight is 269 g/mol. The molecule has 0 radical (unpaired) electrons. The molecule has 0 bridgehead atoms. The molecule has 108 valence electrons. The Kier molecular flexibility index (Phi) is 8.58. The van der Waals surface area contributed by atoms with Crippen molar-refractivity contribution in [3.63, 3.8) is 0 Å². The third-order valence-electron chi connectivity index (χ3n) is 2.32. The highest BCUT2D eigenvalue weighted by Crippen LogP contribution is 2.01. The molecular weight excluding hydrogens is 246 g/mol. The van der Waals surface area contributed by atoms with Gasteiger partial charge in [-0.25, -0.2) is 0 Å². The third kappa shape index (κ3) is 8.19. The summed E-state index contributed by atoms with van der Waals surface area (Å²) >= 11 is 0. The van der Waals surface area contributed by atoms with Gasteiger partial charge in [-0.2, -0.15) is 5.26 Å². The zero-order valence-electron chi connectivity index (χ0n) is 11.8. The highest BCUT2D eigenvalue weighted by atomic mass is 16.5. The van der Waals surface area contributed by atoms with Crippen LogP contribution in [0, 0.1) is 11.3 Å². The summed E-state index contributed by atoms with van der Waals surface area (Å²) in [6.07, 6.45) is 2.03. The molecule has 3 N–H and O–H groups in total. The van der Waals surface area contributed by atoms with Gasteiger partial charge in [0.2, 0.25) is 0 Å². The second kappa shape index (κ2) is 9.36. The highest BCUT2D eigenvalue weighted by molar-refractivity contribution is 5.97. The van der Waals surface area contributed by atoms with Gasteiger partial charge >= 0.3 is 0 Å². The van der Waals surface area contributed by atoms with Gasteiger partial charge in [0, 0.05) is 26.0 Å². The smallest absolute Gasteiger partial charge is 0.263 e. The quantitative estimate of drug-likeness (QED) is 0.318. The van der Waals surface area contributed by atoms with Crippen molar-refractivity contribution in [2.75, 3.05) is 26.4 Å². The molecule has 0 fully saturated rings. The zero-order valence-corrected chi connectivity index (χ0v) is 11.8. The first-order valence-corrected chi connectivity index (χ1v) is 6.31. The molecule has 19 heavy (non-hydrogen) atoms. The molecule has 0 saturated heterocycles. The maximum absolute atomic E-state index is 11.7. The summed E-state index contributed by atoms with van der Waals surface area (Å²) in [6.45, 7) is 7.02. The Labute approximate surface area is 114 Å². The molecule has 6 heteroatoms. The van der Waals surface area contributed by atoms with Crippen LogP contribution in [-0.2, 0) is 9.53 Å². The van der Waals surface area contributed by atoms with E-state index in [1.165, 1.54) is 6.20 Å². The van der Waals surface area contributed by atoms with Crippen molar-refractivity contribution >= 4 is 5.91 Å². The van der Waals surface area contributed by atoms with Gasteiger partial charge in [0.05, 0.1) is 12.1 Å². The van der Waals surface area contributed by atoms with Crippen molar-refractivity contribution in [3.05, 3.63) is 11.8 Å². The van der Waals surface area contributed by atoms with Gasteiger partial charge in [0.25, 0.3) is 5.91 Å². The molecule has 0 unspecified atom stereocenters. The van der Waals surface area contributed by atoms with Gasteiger partial charge in [-0.1, -0.05) is 0 Å². The predicted octanol–water partition coefficient (Wildman–Crippen LogP) is 0.297. The minimum Gasteiger partial charge on any atom is -0.394 e. The number of rotatable bonds is 9. The van der Waals surface area contributed by atoms with Crippen LogP contribution in [0.15, 0.2) is 11.8 Å². The fraction of sp³-hybridized carbons (Fsp3) is 0.692. The van der Waals surface area contributed by atoms with E-state index in [1.807, 2.05) is 13.0 Å². The van der Waals surface area contributed by atoms with Crippen LogP contribution in [0.2, 0.25) is 0 Å². The monoisotopic (exact) mass is 269 g/mol. The maximum Gasteiger partial charge on any atom is 0.263 e. The predicted molar refractivity (Wildman–Crippen MR) is 72.1 cm³/mol. The van der Waals surface area contributed by atoms with Crippen molar-refractivity contribution in [2.45, 2.75) is 32.7 Å². The lowest BCUT2D eigenvalue weighted by atomic mass is 10.1. The number of carbonyl (C=O) groups is 1. The fourth-order valence-corrected chi connectivity index (χ4v) is 1.08. The van der Waals surface area contributed by atoms with Crippen LogP contribution < -0.4 is 10.6 Å². The average Bonchev–Trinajstić information content (AvgIpc) is 2.39. The van der Waals surface area contributed by atoms with E-state index in [0.717, 1.165) is 0 Å². The van der Waals surface area contributed by atoms with Crippen LogP contribution in [0.5, 0.6) is 0 Å². The Bertz CT molecular complexity index is 346. The standard InChI is InChI=1S/C13H23N3O3/c1-4-19-7-5-6-15-12(18)11(8-14)9-16-13(2,3)10-17/h9,16-17H,4-7,10H2,1-3H3,(H,15,18)/b11-9-. The van der Waals surface area contributed by atoms with Crippen LogP contribution in [0.4, 0.5) is 0 Å². The molecule has 0 rings (SSSR count). The first-order chi connectivity index (χ1) is 8.96. The topological polar surface area (TPSA) is 94.4 Å². The highest BCUT2D eigenvalue weighted by Gasteiger charge is 2.15. The van der Waals surface area contributed by atoms with Gasteiger partial charge in [-0.15, -0.1) is 0 Å². The Balaban J connectivity index is 4.19. The lowest BCUT2D eigenvalue weighted by Crippen LogP contribution is -2.40. The molecule has 0 aliphatic heterocycles. The number of nitrogens with one attached hydrogen (secondary N) is 2. The van der Waals surface area contributed by atoms with Crippen molar-refractivity contribution in [1.82, 2.24) is 10.6 Å². The third-order valence-corrected chi connectivity index (χ3v) is 2.32. The van der Waals surface area contributed by atoms with Crippen molar-refractivity contribution in [1.29, 1.82) is 5.26 Å². The first kappa shape index (κ1) is 17.4. The van der Waals surface area contributed by atoms with E-state index in [4.69, 9.17) is 15.1 Å². The number of aliphatic hydroxyl groups is 1. The molecule has 0 heterocycles. The number of ether oxygens (including phenoxy) is 1.